The highest BCUT2D eigenvalue weighted by Crippen LogP contribution is 2.63. The highest BCUT2D eigenvalue weighted by atomic mass is 14.9. The molecule has 0 unspecified atom stereocenters. The molecule has 3 heteroatoms. The van der Waals surface area contributed by atoms with Gasteiger partial charge < -0.3 is 0 Å². The molecule has 0 saturated carbocycles. The topological polar surface area (TPSA) is 38.7 Å². The second-order valence-corrected chi connectivity index (χ2v) is 14.4. The first-order valence-electron chi connectivity index (χ1n) is 18.0. The molecule has 10 rings (SSSR count). The fourth-order valence-electron chi connectivity index (χ4n) is 9.02. The highest BCUT2D eigenvalue weighted by Gasteiger charge is 2.53. The molecule has 0 amide bonds. The molecule has 6 aromatic carbocycles. The molecule has 2 aliphatic carbocycles. The predicted octanol–water partition coefficient (Wildman–Crippen LogP) is 11.5. The largest absolute Gasteiger partial charge is 0.256 e. The van der Waals surface area contributed by atoms with Crippen molar-refractivity contribution in [1.82, 2.24) is 15.0 Å². The van der Waals surface area contributed by atoms with Crippen LogP contribution < -0.4 is 0 Å². The van der Waals surface area contributed by atoms with Gasteiger partial charge in [0.25, 0.3) is 0 Å². The minimum Gasteiger partial charge on any atom is -0.256 e. The lowest BCUT2D eigenvalue weighted by atomic mass is 9.55. The van der Waals surface area contributed by atoms with Crippen molar-refractivity contribution in [3.8, 4) is 56.3 Å². The van der Waals surface area contributed by atoms with Gasteiger partial charge in [0.15, 0.2) is 5.82 Å². The van der Waals surface area contributed by atoms with Crippen molar-refractivity contribution >= 4 is 0 Å². The number of nitrogens with zero attached hydrogens (tertiary/aromatic N) is 3. The van der Waals surface area contributed by atoms with E-state index in [9.17, 15) is 0 Å². The summed E-state index contributed by atoms with van der Waals surface area (Å²) >= 11 is 0. The Balaban J connectivity index is 1.27. The molecule has 2 aromatic heterocycles. The van der Waals surface area contributed by atoms with E-state index in [-0.39, 0.29) is 5.41 Å². The summed E-state index contributed by atoms with van der Waals surface area (Å²) in [6.45, 7) is 4.73. The van der Waals surface area contributed by atoms with Gasteiger partial charge in [-0.3, -0.25) is 4.98 Å². The van der Waals surface area contributed by atoms with Crippen LogP contribution in [0.15, 0.2) is 176 Å². The molecule has 0 aliphatic heterocycles. The minimum atomic E-state index is -0.485. The summed E-state index contributed by atoms with van der Waals surface area (Å²) < 4.78 is 0. The maximum Gasteiger partial charge on any atom is 0.160 e. The van der Waals surface area contributed by atoms with E-state index in [0.717, 1.165) is 45.2 Å². The number of aromatic nitrogens is 3. The Morgan fingerprint density at radius 1 is 0.385 bits per heavy atom. The van der Waals surface area contributed by atoms with Gasteiger partial charge in [0, 0.05) is 33.9 Å². The molecule has 1 spiro atoms. The summed E-state index contributed by atoms with van der Waals surface area (Å²) in [5.41, 5.74) is 16.5. The average Bonchev–Trinajstić information content (AvgIpc) is 3.51. The van der Waals surface area contributed by atoms with Crippen molar-refractivity contribution in [1.29, 1.82) is 0 Å². The van der Waals surface area contributed by atoms with Crippen LogP contribution in [-0.2, 0) is 10.8 Å². The lowest BCUT2D eigenvalue weighted by Gasteiger charge is -2.47. The van der Waals surface area contributed by atoms with Crippen LogP contribution in [-0.4, -0.2) is 15.0 Å². The molecule has 0 bridgehead atoms. The lowest BCUT2D eigenvalue weighted by molar-refractivity contribution is 0.564. The van der Waals surface area contributed by atoms with E-state index >= 15 is 0 Å². The van der Waals surface area contributed by atoms with Gasteiger partial charge in [-0.2, -0.15) is 0 Å². The van der Waals surface area contributed by atoms with Crippen LogP contribution >= 0.6 is 0 Å². The summed E-state index contributed by atoms with van der Waals surface area (Å²) in [5, 5.41) is 0. The average molecular weight is 666 g/mol. The molecule has 0 N–H and O–H groups in total. The normalized spacial score (nSPS) is 14.3. The number of benzene rings is 6. The molecule has 0 radical (unpaired) electrons. The number of fused-ring (bicyclic) bond motifs is 9. The number of hydrogen-bond donors (Lipinski definition) is 0. The first-order chi connectivity index (χ1) is 25.5. The van der Waals surface area contributed by atoms with Crippen molar-refractivity contribution < 1.29 is 0 Å². The highest BCUT2D eigenvalue weighted by molar-refractivity contribution is 5.90. The van der Waals surface area contributed by atoms with Crippen molar-refractivity contribution in [3.05, 3.63) is 209 Å². The first kappa shape index (κ1) is 30.4. The monoisotopic (exact) mass is 665 g/mol. The number of pyridine rings is 1. The second kappa shape index (κ2) is 11.5. The van der Waals surface area contributed by atoms with E-state index in [2.05, 4.69) is 164 Å². The fraction of sp³-hybridized carbons (Fsp3) is 0.0816. The van der Waals surface area contributed by atoms with Crippen molar-refractivity contribution in [2.45, 2.75) is 24.7 Å². The van der Waals surface area contributed by atoms with Crippen LogP contribution in [0.2, 0.25) is 0 Å². The van der Waals surface area contributed by atoms with E-state index in [1.807, 2.05) is 30.5 Å². The summed E-state index contributed by atoms with van der Waals surface area (Å²) in [7, 11) is 0. The van der Waals surface area contributed by atoms with Crippen LogP contribution in [0.4, 0.5) is 0 Å². The first-order valence-corrected chi connectivity index (χ1v) is 18.0. The third-order valence-corrected chi connectivity index (χ3v) is 11.2. The van der Waals surface area contributed by atoms with Gasteiger partial charge in [0.05, 0.1) is 22.5 Å². The molecule has 2 heterocycles. The maximum absolute atomic E-state index is 5.44. The maximum atomic E-state index is 5.44. The van der Waals surface area contributed by atoms with E-state index < -0.39 is 5.41 Å². The summed E-state index contributed by atoms with van der Waals surface area (Å²) in [4.78, 5) is 15.5. The predicted molar refractivity (Wildman–Crippen MR) is 211 cm³/mol. The quantitative estimate of drug-likeness (QED) is 0.188. The van der Waals surface area contributed by atoms with Gasteiger partial charge in [0.2, 0.25) is 0 Å². The van der Waals surface area contributed by atoms with Gasteiger partial charge >= 0.3 is 0 Å². The standard InChI is InChI=1S/C49H35N3/c1-48(2)40-25-10-11-26-41(40)49(38-23-8-6-20-35(38)36-21-7-9-24-39(36)49)42-27-15-22-37(46(42)48)47-51-44(32-16-4-3-5-17-32)31-45(52-47)34-19-14-18-33(30-34)43-28-12-13-29-50-43/h3-31H,1-2H3. The summed E-state index contributed by atoms with van der Waals surface area (Å²) in [6.07, 6.45) is 1.84. The molecular formula is C49H35N3. The van der Waals surface area contributed by atoms with Crippen LogP contribution in [0, 0.1) is 0 Å². The fourth-order valence-corrected chi connectivity index (χ4v) is 9.02. The number of hydrogen-bond acceptors (Lipinski definition) is 3. The Morgan fingerprint density at radius 2 is 0.904 bits per heavy atom. The van der Waals surface area contributed by atoms with Gasteiger partial charge in [-0.1, -0.05) is 159 Å². The van der Waals surface area contributed by atoms with E-state index in [1.165, 1.54) is 44.5 Å². The third-order valence-electron chi connectivity index (χ3n) is 11.2. The summed E-state index contributed by atoms with van der Waals surface area (Å²) in [5.74, 6) is 0.721. The second-order valence-electron chi connectivity index (χ2n) is 14.4. The lowest BCUT2D eigenvalue weighted by Crippen LogP contribution is -2.41. The number of rotatable bonds is 4. The van der Waals surface area contributed by atoms with Gasteiger partial charge in [-0.25, -0.2) is 9.97 Å². The molecule has 3 nitrogen and oxygen atoms in total. The van der Waals surface area contributed by atoms with Gasteiger partial charge in [-0.05, 0) is 68.8 Å². The molecule has 0 saturated heterocycles. The molecule has 0 fully saturated rings. The Kier molecular flexibility index (Phi) is 6.74. The van der Waals surface area contributed by atoms with E-state index in [0.29, 0.717) is 0 Å². The van der Waals surface area contributed by atoms with Crippen LogP contribution in [0.3, 0.4) is 0 Å². The SMILES string of the molecule is CC1(C)c2ccccc2C2(c3ccccc3-c3ccccc32)c2cccc(-c3nc(-c4ccccc4)cc(-c4cccc(-c5ccccn5)c4)n3)c21. The summed E-state index contributed by atoms with van der Waals surface area (Å²) in [6, 6.07) is 60.9. The zero-order valence-corrected chi connectivity index (χ0v) is 29.1. The van der Waals surface area contributed by atoms with Crippen molar-refractivity contribution in [2.24, 2.45) is 0 Å². The Labute approximate surface area is 304 Å². The van der Waals surface area contributed by atoms with Crippen LogP contribution in [0.1, 0.15) is 47.2 Å². The Bertz CT molecular complexity index is 2610. The van der Waals surface area contributed by atoms with E-state index in [4.69, 9.17) is 9.97 Å². The third kappa shape index (κ3) is 4.36. The minimum absolute atomic E-state index is 0.342. The molecule has 52 heavy (non-hydrogen) atoms. The van der Waals surface area contributed by atoms with Crippen LogP contribution in [0.5, 0.6) is 0 Å². The molecule has 8 aromatic rings. The molecular weight excluding hydrogens is 631 g/mol. The molecule has 2 aliphatic rings. The van der Waals surface area contributed by atoms with Crippen molar-refractivity contribution in [2.75, 3.05) is 0 Å². The van der Waals surface area contributed by atoms with Crippen molar-refractivity contribution in [3.63, 3.8) is 0 Å². The molecule has 246 valence electrons. The van der Waals surface area contributed by atoms with E-state index in [1.54, 1.807) is 0 Å². The van der Waals surface area contributed by atoms with Gasteiger partial charge in [0.1, 0.15) is 0 Å². The zero-order chi connectivity index (χ0) is 34.9. The Hall–Kier alpha value is -6.45. The van der Waals surface area contributed by atoms with Crippen LogP contribution in [0.25, 0.3) is 56.3 Å². The zero-order valence-electron chi connectivity index (χ0n) is 29.1. The smallest absolute Gasteiger partial charge is 0.160 e. The van der Waals surface area contributed by atoms with Gasteiger partial charge in [-0.15, -0.1) is 0 Å². The molecule has 0 atom stereocenters. The Morgan fingerprint density at radius 3 is 1.60 bits per heavy atom.